The van der Waals surface area contributed by atoms with Crippen molar-refractivity contribution in [2.24, 2.45) is 17.8 Å². The van der Waals surface area contributed by atoms with Crippen molar-refractivity contribution in [2.45, 2.75) is 90.3 Å². The van der Waals surface area contributed by atoms with Crippen molar-refractivity contribution < 1.29 is 28.9 Å². The van der Waals surface area contributed by atoms with Gasteiger partial charge in [-0.25, -0.2) is 9.59 Å². The summed E-state index contributed by atoms with van der Waals surface area (Å²) in [4.78, 5) is 23.8. The van der Waals surface area contributed by atoms with E-state index in [0.29, 0.717) is 6.42 Å². The van der Waals surface area contributed by atoms with E-state index in [1.807, 2.05) is 0 Å². The largest absolute Gasteiger partial charge is 0.480 e. The lowest BCUT2D eigenvalue weighted by molar-refractivity contribution is -0.140. The summed E-state index contributed by atoms with van der Waals surface area (Å²) in [5, 5.41) is 11.8. The zero-order valence-corrected chi connectivity index (χ0v) is 18.4. The summed E-state index contributed by atoms with van der Waals surface area (Å²) in [5.41, 5.74) is 0.807. The maximum absolute atomic E-state index is 12.4. The molecule has 7 heteroatoms. The molecule has 1 amide bonds. The average Bonchev–Trinajstić information content (AvgIpc) is 3.51. The van der Waals surface area contributed by atoms with Crippen LogP contribution in [0.3, 0.4) is 0 Å². The number of carbonyl (C=O) groups excluding carboxylic acids is 1. The molecule has 7 unspecified atom stereocenters. The van der Waals surface area contributed by atoms with Gasteiger partial charge in [0.05, 0.1) is 23.9 Å². The zero-order valence-electron chi connectivity index (χ0n) is 18.4. The number of alkyl carbamates (subject to hydrolysis) is 1. The summed E-state index contributed by atoms with van der Waals surface area (Å²) in [6, 6.07) is -0.965. The molecule has 2 heterocycles. The Labute approximate surface area is 173 Å². The number of carboxylic acid groups (broad SMARTS) is 1. The summed E-state index contributed by atoms with van der Waals surface area (Å²) in [5.74, 6) is -1.09. The van der Waals surface area contributed by atoms with Crippen molar-refractivity contribution in [2.75, 3.05) is 6.61 Å². The van der Waals surface area contributed by atoms with Crippen LogP contribution >= 0.6 is 0 Å². The molecule has 3 aliphatic rings. The average molecular weight is 410 g/mol. The van der Waals surface area contributed by atoms with Gasteiger partial charge in [0, 0.05) is 11.8 Å². The lowest BCUT2D eigenvalue weighted by Crippen LogP contribution is -2.52. The van der Waals surface area contributed by atoms with E-state index in [2.05, 4.69) is 39.1 Å². The summed E-state index contributed by atoms with van der Waals surface area (Å²) < 4.78 is 17.8. The van der Waals surface area contributed by atoms with Crippen LogP contribution in [0, 0.1) is 17.8 Å². The molecular formula is C22H35NO6. The first kappa shape index (κ1) is 22.1. The Morgan fingerprint density at radius 1 is 1.34 bits per heavy atom. The van der Waals surface area contributed by atoms with Crippen molar-refractivity contribution >= 4 is 12.1 Å². The second kappa shape index (κ2) is 7.91. The minimum absolute atomic E-state index is 0.0565. The van der Waals surface area contributed by atoms with Gasteiger partial charge in [-0.2, -0.15) is 0 Å². The Morgan fingerprint density at radius 3 is 2.52 bits per heavy atom. The van der Waals surface area contributed by atoms with Gasteiger partial charge in [0.15, 0.2) is 0 Å². The molecule has 0 aromatic heterocycles. The van der Waals surface area contributed by atoms with E-state index in [1.54, 1.807) is 13.8 Å². The Balaban J connectivity index is 1.66. The van der Waals surface area contributed by atoms with Crippen LogP contribution in [-0.2, 0) is 19.0 Å². The summed E-state index contributed by atoms with van der Waals surface area (Å²) >= 11 is 0. The number of allylic oxidation sites excluding steroid dienone is 1. The van der Waals surface area contributed by atoms with E-state index >= 15 is 0 Å². The van der Waals surface area contributed by atoms with Crippen LogP contribution in [0.25, 0.3) is 0 Å². The molecule has 0 bridgehead atoms. The molecule has 3 fully saturated rings. The fourth-order valence-electron chi connectivity index (χ4n) is 5.11. The zero-order chi connectivity index (χ0) is 21.6. The number of aliphatic carboxylic acids is 1. The van der Waals surface area contributed by atoms with Gasteiger partial charge >= 0.3 is 12.1 Å². The number of hydrogen-bond donors (Lipinski definition) is 2. The molecule has 29 heavy (non-hydrogen) atoms. The highest BCUT2D eigenvalue weighted by molar-refractivity contribution is 5.80. The first-order valence-electron chi connectivity index (χ1n) is 10.7. The fraction of sp³-hybridized carbons (Fsp3) is 0.818. The number of amides is 1. The first-order valence-corrected chi connectivity index (χ1v) is 10.7. The fourth-order valence-corrected chi connectivity index (χ4v) is 5.11. The van der Waals surface area contributed by atoms with E-state index in [1.165, 1.54) is 5.57 Å². The van der Waals surface area contributed by atoms with Crippen molar-refractivity contribution in [1.82, 2.24) is 5.32 Å². The lowest BCUT2D eigenvalue weighted by Gasteiger charge is -2.42. The standard InChI is InChI=1S/C22H35NO6/c1-12(2)7-8-16-21(6,29-16)18-14(5)15(9-10-22(18)11-27-22)28-20(26)23-17(13(3)4)19(24)25/h7,13-18H,8-11H2,1-6H3,(H,23,26)(H,24,25). The number of ether oxygens (including phenoxy) is 3. The monoisotopic (exact) mass is 409 g/mol. The van der Waals surface area contributed by atoms with Crippen molar-refractivity contribution in [3.63, 3.8) is 0 Å². The van der Waals surface area contributed by atoms with Crippen molar-refractivity contribution in [1.29, 1.82) is 0 Å². The van der Waals surface area contributed by atoms with Crippen LogP contribution in [-0.4, -0.2) is 53.2 Å². The summed E-state index contributed by atoms with van der Waals surface area (Å²) in [6.07, 6.45) is 3.79. The van der Waals surface area contributed by atoms with Crippen molar-refractivity contribution in [3.05, 3.63) is 11.6 Å². The molecule has 2 N–H and O–H groups in total. The van der Waals surface area contributed by atoms with Gasteiger partial charge in [-0.15, -0.1) is 0 Å². The number of epoxide rings is 2. The second-order valence-electron chi connectivity index (χ2n) is 9.68. The molecule has 0 aromatic carbocycles. The van der Waals surface area contributed by atoms with Crippen LogP contribution < -0.4 is 5.32 Å². The van der Waals surface area contributed by atoms with Crippen LogP contribution in [0.15, 0.2) is 11.6 Å². The van der Waals surface area contributed by atoms with E-state index in [9.17, 15) is 14.7 Å². The summed E-state index contributed by atoms with van der Waals surface area (Å²) in [7, 11) is 0. The maximum Gasteiger partial charge on any atom is 0.408 e. The number of carbonyl (C=O) groups is 2. The van der Waals surface area contributed by atoms with Crippen LogP contribution in [0.4, 0.5) is 4.79 Å². The van der Waals surface area contributed by atoms with Gasteiger partial charge in [0.25, 0.3) is 0 Å². The Morgan fingerprint density at radius 2 is 2.00 bits per heavy atom. The highest BCUT2D eigenvalue weighted by Crippen LogP contribution is 2.60. The predicted molar refractivity (Wildman–Crippen MR) is 108 cm³/mol. The number of hydrogen-bond acceptors (Lipinski definition) is 5. The SMILES string of the molecule is CC(C)=CCC1OC1(C)C1C(C)C(OC(=O)NC(C(=O)O)C(C)C)CCC12CO2. The van der Waals surface area contributed by atoms with Gasteiger partial charge in [0.1, 0.15) is 12.1 Å². The third-order valence-electron chi connectivity index (χ3n) is 6.85. The van der Waals surface area contributed by atoms with Crippen molar-refractivity contribution in [3.8, 4) is 0 Å². The molecule has 164 valence electrons. The third kappa shape index (κ3) is 4.45. The third-order valence-corrected chi connectivity index (χ3v) is 6.85. The quantitative estimate of drug-likeness (QED) is 0.493. The molecule has 2 saturated heterocycles. The molecule has 0 radical (unpaired) electrons. The van der Waals surface area contributed by atoms with E-state index < -0.39 is 18.1 Å². The highest BCUT2D eigenvalue weighted by atomic mass is 16.6. The van der Waals surface area contributed by atoms with E-state index in [-0.39, 0.29) is 41.2 Å². The predicted octanol–water partition coefficient (Wildman–Crippen LogP) is 3.52. The van der Waals surface area contributed by atoms with Crippen LogP contribution in [0.2, 0.25) is 0 Å². The molecule has 7 nitrogen and oxygen atoms in total. The molecule has 1 saturated carbocycles. The molecule has 0 aromatic rings. The number of carboxylic acids is 1. The lowest BCUT2D eigenvalue weighted by atomic mass is 9.64. The van der Waals surface area contributed by atoms with Crippen LogP contribution in [0.5, 0.6) is 0 Å². The topological polar surface area (TPSA) is 101 Å². The molecule has 7 atom stereocenters. The van der Waals surface area contributed by atoms with E-state index in [0.717, 1.165) is 19.4 Å². The highest BCUT2D eigenvalue weighted by Gasteiger charge is 2.70. The Hall–Kier alpha value is -1.60. The van der Waals surface area contributed by atoms with Gasteiger partial charge in [-0.1, -0.05) is 32.4 Å². The second-order valence-corrected chi connectivity index (χ2v) is 9.68. The minimum Gasteiger partial charge on any atom is -0.480 e. The molecule has 3 rings (SSSR count). The maximum atomic E-state index is 12.4. The molecule has 1 aliphatic carbocycles. The van der Waals surface area contributed by atoms with Crippen LogP contribution in [0.1, 0.15) is 60.8 Å². The van der Waals surface area contributed by atoms with Gasteiger partial charge < -0.3 is 24.6 Å². The molecule has 1 spiro atoms. The Bertz CT molecular complexity index is 681. The van der Waals surface area contributed by atoms with Gasteiger partial charge in [-0.3, -0.25) is 0 Å². The molecule has 2 aliphatic heterocycles. The van der Waals surface area contributed by atoms with Gasteiger partial charge in [0.2, 0.25) is 0 Å². The normalized spacial score (nSPS) is 39.0. The Kier molecular flexibility index (Phi) is 6.03. The number of rotatable bonds is 7. The molecular weight excluding hydrogens is 374 g/mol. The van der Waals surface area contributed by atoms with E-state index in [4.69, 9.17) is 14.2 Å². The minimum atomic E-state index is -1.06. The summed E-state index contributed by atoms with van der Waals surface area (Å²) in [6.45, 7) is 12.6. The first-order chi connectivity index (χ1) is 13.5. The smallest absolute Gasteiger partial charge is 0.408 e. The number of nitrogens with one attached hydrogen (secondary N) is 1. The van der Waals surface area contributed by atoms with Gasteiger partial charge in [-0.05, 0) is 46.0 Å².